The molecule has 2 saturated heterocycles. The molecule has 0 radical (unpaired) electrons. The molecule has 1 aliphatic carbocycles. The molecule has 1 aromatic rings. The molecule has 2 aliphatic heterocycles. The normalized spacial score (nSPS) is 21.4. The molecule has 0 spiro atoms. The van der Waals surface area contributed by atoms with Crippen LogP contribution in [0.2, 0.25) is 0 Å². The summed E-state index contributed by atoms with van der Waals surface area (Å²) in [7, 11) is 0. The number of hydrogen-bond acceptors (Lipinski definition) is 3. The van der Waals surface area contributed by atoms with Crippen LogP contribution in [-0.2, 0) is 4.79 Å². The van der Waals surface area contributed by atoms with Gasteiger partial charge in [-0.1, -0.05) is 12.8 Å². The SMILES string of the molecule is O=C(c1ccc(OCC2CCN(C(=O)C3CCCC3)CC2)cc1)N1CCCCC1. The number of ether oxygens (including phenoxy) is 1. The number of likely N-dealkylation sites (tertiary alicyclic amines) is 2. The maximum atomic E-state index is 12.6. The topological polar surface area (TPSA) is 49.9 Å². The highest BCUT2D eigenvalue weighted by molar-refractivity contribution is 5.94. The number of hydrogen-bond donors (Lipinski definition) is 0. The van der Waals surface area contributed by atoms with Gasteiger partial charge in [-0.3, -0.25) is 9.59 Å². The van der Waals surface area contributed by atoms with E-state index in [4.69, 9.17) is 4.74 Å². The fraction of sp³-hybridized carbons (Fsp3) is 0.667. The average Bonchev–Trinajstić information content (AvgIpc) is 3.33. The molecular weight excluding hydrogens is 364 g/mol. The van der Waals surface area contributed by atoms with Gasteiger partial charge in [-0.2, -0.15) is 0 Å². The van der Waals surface area contributed by atoms with Gasteiger partial charge in [0.25, 0.3) is 5.91 Å². The largest absolute Gasteiger partial charge is 0.493 e. The highest BCUT2D eigenvalue weighted by Gasteiger charge is 2.30. The molecule has 0 N–H and O–H groups in total. The molecule has 0 bridgehead atoms. The summed E-state index contributed by atoms with van der Waals surface area (Å²) in [6.45, 7) is 4.17. The van der Waals surface area contributed by atoms with E-state index in [9.17, 15) is 9.59 Å². The van der Waals surface area contributed by atoms with Crippen LogP contribution in [0.15, 0.2) is 24.3 Å². The van der Waals surface area contributed by atoms with Crippen LogP contribution in [0.25, 0.3) is 0 Å². The number of amides is 2. The summed E-state index contributed by atoms with van der Waals surface area (Å²) in [6.07, 6.45) is 10.1. The van der Waals surface area contributed by atoms with Crippen LogP contribution in [0, 0.1) is 11.8 Å². The Morgan fingerprint density at radius 2 is 1.45 bits per heavy atom. The molecule has 2 amide bonds. The first kappa shape index (κ1) is 20.2. The van der Waals surface area contributed by atoms with Crippen molar-refractivity contribution in [3.05, 3.63) is 29.8 Å². The summed E-state index contributed by atoms with van der Waals surface area (Å²) >= 11 is 0. The monoisotopic (exact) mass is 398 g/mol. The lowest BCUT2D eigenvalue weighted by Crippen LogP contribution is -2.42. The second kappa shape index (κ2) is 9.64. The zero-order valence-corrected chi connectivity index (χ0v) is 17.5. The Morgan fingerprint density at radius 3 is 2.10 bits per heavy atom. The van der Waals surface area contributed by atoms with Crippen molar-refractivity contribution in [2.24, 2.45) is 11.8 Å². The van der Waals surface area contributed by atoms with Crippen molar-refractivity contribution in [1.82, 2.24) is 9.80 Å². The minimum atomic E-state index is 0.135. The quantitative estimate of drug-likeness (QED) is 0.750. The van der Waals surface area contributed by atoms with Crippen LogP contribution >= 0.6 is 0 Å². The predicted octanol–water partition coefficient (Wildman–Crippen LogP) is 4.12. The van der Waals surface area contributed by atoms with Gasteiger partial charge < -0.3 is 14.5 Å². The molecule has 5 heteroatoms. The van der Waals surface area contributed by atoms with E-state index in [0.717, 1.165) is 76.0 Å². The standard InChI is InChI=1S/C24H34N2O3/c27-23(20-6-2-3-7-20)26-16-12-19(13-17-26)18-29-22-10-8-21(9-11-22)24(28)25-14-4-1-5-15-25/h8-11,19-20H,1-7,12-18H2. The lowest BCUT2D eigenvalue weighted by molar-refractivity contribution is -0.136. The molecule has 1 aromatic carbocycles. The van der Waals surface area contributed by atoms with E-state index in [-0.39, 0.29) is 11.8 Å². The van der Waals surface area contributed by atoms with E-state index in [2.05, 4.69) is 4.90 Å². The molecule has 4 rings (SSSR count). The molecule has 5 nitrogen and oxygen atoms in total. The van der Waals surface area contributed by atoms with Gasteiger partial charge in [0.2, 0.25) is 5.91 Å². The summed E-state index contributed by atoms with van der Waals surface area (Å²) in [5.41, 5.74) is 0.748. The molecule has 0 atom stereocenters. The van der Waals surface area contributed by atoms with Gasteiger partial charge in [-0.05, 0) is 75.1 Å². The Morgan fingerprint density at radius 1 is 0.793 bits per heavy atom. The van der Waals surface area contributed by atoms with Crippen molar-refractivity contribution in [3.63, 3.8) is 0 Å². The second-order valence-corrected chi connectivity index (χ2v) is 8.94. The number of carbonyl (C=O) groups is 2. The van der Waals surface area contributed by atoms with Crippen molar-refractivity contribution in [1.29, 1.82) is 0 Å². The third-order valence-corrected chi connectivity index (χ3v) is 6.86. The molecule has 29 heavy (non-hydrogen) atoms. The van der Waals surface area contributed by atoms with Crippen LogP contribution in [0.5, 0.6) is 5.75 Å². The summed E-state index contributed by atoms with van der Waals surface area (Å²) < 4.78 is 5.99. The lowest BCUT2D eigenvalue weighted by Gasteiger charge is -2.33. The number of piperidine rings is 2. The Balaban J connectivity index is 1.20. The van der Waals surface area contributed by atoms with Gasteiger partial charge in [0.1, 0.15) is 5.75 Å². The third kappa shape index (κ3) is 5.12. The third-order valence-electron chi connectivity index (χ3n) is 6.86. The summed E-state index contributed by atoms with van der Waals surface area (Å²) in [4.78, 5) is 29.1. The molecule has 2 heterocycles. The predicted molar refractivity (Wildman–Crippen MR) is 113 cm³/mol. The molecule has 1 saturated carbocycles. The van der Waals surface area contributed by atoms with Gasteiger partial charge in [-0.25, -0.2) is 0 Å². The van der Waals surface area contributed by atoms with Gasteiger partial charge in [0.05, 0.1) is 6.61 Å². The smallest absolute Gasteiger partial charge is 0.253 e. The minimum Gasteiger partial charge on any atom is -0.493 e. The first-order valence-corrected chi connectivity index (χ1v) is 11.5. The first-order valence-electron chi connectivity index (χ1n) is 11.5. The van der Waals surface area contributed by atoms with Crippen LogP contribution in [0.4, 0.5) is 0 Å². The van der Waals surface area contributed by atoms with Crippen LogP contribution < -0.4 is 4.74 Å². The van der Waals surface area contributed by atoms with E-state index in [0.29, 0.717) is 18.4 Å². The summed E-state index contributed by atoms with van der Waals surface area (Å²) in [5, 5.41) is 0. The molecule has 0 unspecified atom stereocenters. The number of nitrogens with zero attached hydrogens (tertiary/aromatic N) is 2. The molecule has 3 fully saturated rings. The average molecular weight is 399 g/mol. The van der Waals surface area contributed by atoms with Crippen LogP contribution in [-0.4, -0.2) is 54.4 Å². The highest BCUT2D eigenvalue weighted by atomic mass is 16.5. The zero-order valence-electron chi connectivity index (χ0n) is 17.5. The van der Waals surface area contributed by atoms with E-state index >= 15 is 0 Å². The fourth-order valence-corrected chi connectivity index (χ4v) is 4.94. The highest BCUT2D eigenvalue weighted by Crippen LogP contribution is 2.28. The van der Waals surface area contributed by atoms with Crippen molar-refractivity contribution >= 4 is 11.8 Å². The van der Waals surface area contributed by atoms with Crippen molar-refractivity contribution in [3.8, 4) is 5.75 Å². The Bertz CT molecular complexity index is 683. The Labute approximate surface area is 174 Å². The molecular formula is C24H34N2O3. The maximum absolute atomic E-state index is 12.6. The number of rotatable bonds is 5. The van der Waals surface area contributed by atoms with E-state index in [1.165, 1.54) is 19.3 Å². The van der Waals surface area contributed by atoms with Crippen LogP contribution in [0.3, 0.4) is 0 Å². The maximum Gasteiger partial charge on any atom is 0.253 e. The number of carbonyl (C=O) groups excluding carboxylic acids is 2. The van der Waals surface area contributed by atoms with Gasteiger partial charge in [0.15, 0.2) is 0 Å². The van der Waals surface area contributed by atoms with Gasteiger partial charge in [0, 0.05) is 37.7 Å². The fourth-order valence-electron chi connectivity index (χ4n) is 4.94. The van der Waals surface area contributed by atoms with Crippen molar-refractivity contribution in [2.75, 3.05) is 32.8 Å². The minimum absolute atomic E-state index is 0.135. The summed E-state index contributed by atoms with van der Waals surface area (Å²) in [6, 6.07) is 7.59. The van der Waals surface area contributed by atoms with E-state index in [1.54, 1.807) is 0 Å². The zero-order chi connectivity index (χ0) is 20.1. The Hall–Kier alpha value is -2.04. The van der Waals surface area contributed by atoms with E-state index in [1.807, 2.05) is 29.2 Å². The van der Waals surface area contributed by atoms with Crippen LogP contribution in [0.1, 0.15) is 68.1 Å². The first-order chi connectivity index (χ1) is 14.2. The number of benzene rings is 1. The van der Waals surface area contributed by atoms with Gasteiger partial charge in [-0.15, -0.1) is 0 Å². The van der Waals surface area contributed by atoms with E-state index < -0.39 is 0 Å². The second-order valence-electron chi connectivity index (χ2n) is 8.94. The molecule has 0 aromatic heterocycles. The van der Waals surface area contributed by atoms with Crippen molar-refractivity contribution < 1.29 is 14.3 Å². The Kier molecular flexibility index (Phi) is 6.73. The van der Waals surface area contributed by atoms with Gasteiger partial charge >= 0.3 is 0 Å². The molecule has 158 valence electrons. The molecule has 3 aliphatic rings. The lowest BCUT2D eigenvalue weighted by atomic mass is 9.96. The van der Waals surface area contributed by atoms with Crippen molar-refractivity contribution in [2.45, 2.75) is 57.8 Å². The summed E-state index contributed by atoms with van der Waals surface area (Å²) in [5.74, 6) is 2.13.